The average Bonchev–Trinajstić information content (AvgIpc) is 3.03. The lowest BCUT2D eigenvalue weighted by atomic mass is 10.2. The van der Waals surface area contributed by atoms with Crippen molar-refractivity contribution in [3.05, 3.63) is 53.0 Å². The minimum atomic E-state index is -4.12. The Kier molecular flexibility index (Phi) is 5.82. The summed E-state index contributed by atoms with van der Waals surface area (Å²) >= 11 is 0. The molecule has 2 heterocycles. The molecule has 2 aromatic rings. The maximum absolute atomic E-state index is 13.9. The second-order valence-corrected chi connectivity index (χ2v) is 8.34. The molecule has 0 bridgehead atoms. The molecule has 0 aliphatic carbocycles. The molecular weight excluding hydrogens is 394 g/mol. The lowest BCUT2D eigenvalue weighted by Crippen LogP contribution is -2.48. The molecule has 0 amide bonds. The van der Waals surface area contributed by atoms with Crippen LogP contribution in [-0.2, 0) is 21.3 Å². The van der Waals surface area contributed by atoms with Crippen LogP contribution in [0.2, 0.25) is 0 Å². The first-order valence-electron chi connectivity index (χ1n) is 8.57. The number of carbonyl (C=O) groups excluding carboxylic acids is 1. The highest BCUT2D eigenvalue weighted by atomic mass is 32.2. The van der Waals surface area contributed by atoms with Gasteiger partial charge in [0.15, 0.2) is 0 Å². The summed E-state index contributed by atoms with van der Waals surface area (Å²) in [6, 6.07) is 3.97. The van der Waals surface area contributed by atoms with Crippen LogP contribution in [0.4, 0.5) is 8.78 Å². The molecular formula is C18H20F2N2O5S. The number of hydrogen-bond acceptors (Lipinski definition) is 6. The van der Waals surface area contributed by atoms with Gasteiger partial charge in [0.05, 0.1) is 13.7 Å². The zero-order valence-electron chi connectivity index (χ0n) is 15.4. The van der Waals surface area contributed by atoms with Gasteiger partial charge in [0.25, 0.3) is 0 Å². The molecule has 0 saturated carbocycles. The van der Waals surface area contributed by atoms with Gasteiger partial charge in [-0.3, -0.25) is 4.90 Å². The maximum atomic E-state index is 13.9. The molecule has 1 aliphatic heterocycles. The Morgan fingerprint density at radius 2 is 1.86 bits per heavy atom. The van der Waals surface area contributed by atoms with E-state index in [2.05, 4.69) is 4.74 Å². The maximum Gasteiger partial charge on any atom is 0.341 e. The Hall–Kier alpha value is -2.30. The van der Waals surface area contributed by atoms with Gasteiger partial charge in [-0.15, -0.1) is 0 Å². The molecule has 1 aliphatic rings. The zero-order valence-corrected chi connectivity index (χ0v) is 16.3. The van der Waals surface area contributed by atoms with Crippen molar-refractivity contribution < 1.29 is 31.1 Å². The number of carbonyl (C=O) groups is 1. The highest BCUT2D eigenvalue weighted by Gasteiger charge is 2.31. The Balaban J connectivity index is 1.66. The highest BCUT2D eigenvalue weighted by Crippen LogP contribution is 2.23. The van der Waals surface area contributed by atoms with Crippen LogP contribution in [0.15, 0.2) is 33.6 Å². The molecule has 3 rings (SSSR count). The van der Waals surface area contributed by atoms with E-state index in [9.17, 15) is 22.0 Å². The number of piperazine rings is 1. The van der Waals surface area contributed by atoms with Crippen molar-refractivity contribution in [1.29, 1.82) is 0 Å². The number of ether oxygens (including phenoxy) is 1. The van der Waals surface area contributed by atoms with E-state index in [-0.39, 0.29) is 13.1 Å². The molecule has 1 aromatic carbocycles. The van der Waals surface area contributed by atoms with Crippen LogP contribution >= 0.6 is 0 Å². The van der Waals surface area contributed by atoms with Crippen molar-refractivity contribution in [3.63, 3.8) is 0 Å². The van der Waals surface area contributed by atoms with E-state index in [1.807, 2.05) is 4.90 Å². The van der Waals surface area contributed by atoms with Gasteiger partial charge in [0.1, 0.15) is 33.6 Å². The van der Waals surface area contributed by atoms with Gasteiger partial charge in [0.2, 0.25) is 10.0 Å². The van der Waals surface area contributed by atoms with Gasteiger partial charge < -0.3 is 9.15 Å². The van der Waals surface area contributed by atoms with Crippen molar-refractivity contribution in [1.82, 2.24) is 9.21 Å². The smallest absolute Gasteiger partial charge is 0.341 e. The number of nitrogens with zero attached hydrogens (tertiary/aromatic N) is 2. The third kappa shape index (κ3) is 4.08. The number of sulfonamides is 1. The topological polar surface area (TPSA) is 80.1 Å². The SMILES string of the molecule is COC(=O)c1cc(CN2CCN(S(=O)(=O)c3cc(F)ccc3F)CC2)oc1C. The van der Waals surface area contributed by atoms with Crippen molar-refractivity contribution >= 4 is 16.0 Å². The van der Waals surface area contributed by atoms with Crippen LogP contribution in [0.25, 0.3) is 0 Å². The van der Waals surface area contributed by atoms with Crippen LogP contribution in [0.1, 0.15) is 21.9 Å². The molecule has 0 atom stereocenters. The van der Waals surface area contributed by atoms with Crippen LogP contribution < -0.4 is 0 Å². The van der Waals surface area contributed by atoms with E-state index >= 15 is 0 Å². The number of benzene rings is 1. The Morgan fingerprint density at radius 3 is 2.50 bits per heavy atom. The van der Waals surface area contributed by atoms with E-state index in [0.29, 0.717) is 42.8 Å². The number of esters is 1. The molecule has 28 heavy (non-hydrogen) atoms. The van der Waals surface area contributed by atoms with E-state index in [0.717, 1.165) is 16.4 Å². The van der Waals surface area contributed by atoms with Crippen LogP contribution in [0, 0.1) is 18.6 Å². The monoisotopic (exact) mass is 414 g/mol. The summed E-state index contributed by atoms with van der Waals surface area (Å²) in [5.41, 5.74) is 0.347. The molecule has 0 unspecified atom stereocenters. The predicted octanol–water partition coefficient (Wildman–Crippen LogP) is 2.16. The summed E-state index contributed by atoms with van der Waals surface area (Å²) in [7, 11) is -2.83. The quantitative estimate of drug-likeness (QED) is 0.698. The van der Waals surface area contributed by atoms with Gasteiger partial charge in [-0.05, 0) is 31.2 Å². The van der Waals surface area contributed by atoms with Gasteiger partial charge in [0, 0.05) is 26.2 Å². The summed E-state index contributed by atoms with van der Waals surface area (Å²) < 4.78 is 63.9. The third-order valence-corrected chi connectivity index (χ3v) is 6.51. The number of aryl methyl sites for hydroxylation is 1. The van der Waals surface area contributed by atoms with Crippen molar-refractivity contribution in [2.75, 3.05) is 33.3 Å². The van der Waals surface area contributed by atoms with E-state index in [1.54, 1.807) is 13.0 Å². The van der Waals surface area contributed by atoms with Gasteiger partial charge in [-0.2, -0.15) is 4.31 Å². The normalized spacial score (nSPS) is 16.3. The van der Waals surface area contributed by atoms with Crippen LogP contribution in [-0.4, -0.2) is 56.9 Å². The molecule has 1 aromatic heterocycles. The van der Waals surface area contributed by atoms with Crippen LogP contribution in [0.5, 0.6) is 0 Å². The van der Waals surface area contributed by atoms with Crippen LogP contribution in [0.3, 0.4) is 0 Å². The second-order valence-electron chi connectivity index (χ2n) is 6.43. The fourth-order valence-electron chi connectivity index (χ4n) is 3.10. The Labute approximate surface area is 161 Å². The molecule has 7 nitrogen and oxygen atoms in total. The summed E-state index contributed by atoms with van der Waals surface area (Å²) in [6.07, 6.45) is 0. The molecule has 152 valence electrons. The molecule has 10 heteroatoms. The largest absolute Gasteiger partial charge is 0.465 e. The second kappa shape index (κ2) is 7.98. The molecule has 0 spiro atoms. The van der Waals surface area contributed by atoms with E-state index < -0.39 is 32.5 Å². The van der Waals surface area contributed by atoms with Gasteiger partial charge >= 0.3 is 5.97 Å². The molecule has 1 saturated heterocycles. The fourth-order valence-corrected chi connectivity index (χ4v) is 4.59. The average molecular weight is 414 g/mol. The zero-order chi connectivity index (χ0) is 20.5. The first-order chi connectivity index (χ1) is 13.2. The van der Waals surface area contributed by atoms with Crippen molar-refractivity contribution in [3.8, 4) is 0 Å². The molecule has 0 radical (unpaired) electrons. The van der Waals surface area contributed by atoms with Gasteiger partial charge in [-0.25, -0.2) is 22.0 Å². The number of hydrogen-bond donors (Lipinski definition) is 0. The highest BCUT2D eigenvalue weighted by molar-refractivity contribution is 7.89. The lowest BCUT2D eigenvalue weighted by molar-refractivity contribution is 0.0598. The first-order valence-corrected chi connectivity index (χ1v) is 10.0. The Bertz CT molecular complexity index is 982. The summed E-state index contributed by atoms with van der Waals surface area (Å²) in [6.45, 7) is 3.06. The Morgan fingerprint density at radius 1 is 1.18 bits per heavy atom. The number of furan rings is 1. The summed E-state index contributed by atoms with van der Waals surface area (Å²) in [5.74, 6) is -1.27. The minimum Gasteiger partial charge on any atom is -0.465 e. The van der Waals surface area contributed by atoms with Gasteiger partial charge in [-0.1, -0.05) is 0 Å². The predicted molar refractivity (Wildman–Crippen MR) is 95.2 cm³/mol. The minimum absolute atomic E-state index is 0.127. The summed E-state index contributed by atoms with van der Waals surface area (Å²) in [4.78, 5) is 12.9. The van der Waals surface area contributed by atoms with E-state index in [1.165, 1.54) is 7.11 Å². The molecule has 0 N–H and O–H groups in total. The van der Waals surface area contributed by atoms with E-state index in [4.69, 9.17) is 4.42 Å². The number of rotatable bonds is 5. The third-order valence-electron chi connectivity index (χ3n) is 4.60. The van der Waals surface area contributed by atoms with Crippen molar-refractivity contribution in [2.24, 2.45) is 0 Å². The van der Waals surface area contributed by atoms with Crippen molar-refractivity contribution in [2.45, 2.75) is 18.4 Å². The summed E-state index contributed by atoms with van der Waals surface area (Å²) in [5, 5.41) is 0. The first kappa shape index (κ1) is 20.4. The number of methoxy groups -OCH3 is 1. The number of halogens is 2. The fraction of sp³-hybridized carbons (Fsp3) is 0.389. The molecule has 1 fully saturated rings. The standard InChI is InChI=1S/C18H20F2N2O5S/c1-12-15(18(23)26-2)10-14(27-12)11-21-5-7-22(8-6-21)28(24,25)17-9-13(19)3-4-16(17)20/h3-4,9-10H,5-8,11H2,1-2H3. The lowest BCUT2D eigenvalue weighted by Gasteiger charge is -2.33.